The van der Waals surface area contributed by atoms with Gasteiger partial charge >= 0.3 is 6.09 Å². The third kappa shape index (κ3) is 4.74. The molecule has 3 heterocycles. The number of benzene rings is 1. The molecule has 1 aliphatic heterocycles. The third-order valence-electron chi connectivity index (χ3n) is 6.59. The van der Waals surface area contributed by atoms with E-state index in [1.54, 1.807) is 11.2 Å². The molecule has 0 bridgehead atoms. The minimum absolute atomic E-state index is 0.0781. The molecule has 0 spiro atoms. The summed E-state index contributed by atoms with van der Waals surface area (Å²) >= 11 is 6.32. The quantitative estimate of drug-likeness (QED) is 0.442. The molecule has 0 saturated carbocycles. The zero-order valence-corrected chi connectivity index (χ0v) is 21.5. The minimum Gasteiger partial charge on any atom is -0.444 e. The van der Waals surface area contributed by atoms with Crippen molar-refractivity contribution in [3.63, 3.8) is 0 Å². The summed E-state index contributed by atoms with van der Waals surface area (Å²) in [6, 6.07) is 7.91. The Hall–Kier alpha value is -3.06. The van der Waals surface area contributed by atoms with Crippen LogP contribution in [-0.2, 0) is 4.74 Å². The van der Waals surface area contributed by atoms with Crippen LogP contribution in [-0.4, -0.2) is 56.8 Å². The van der Waals surface area contributed by atoms with E-state index >= 15 is 0 Å². The zero-order chi connectivity index (χ0) is 24.7. The topological polar surface area (TPSA) is 63.5 Å². The van der Waals surface area contributed by atoms with Crippen LogP contribution < -0.4 is 4.90 Å². The Kier molecular flexibility index (Phi) is 6.21. The van der Waals surface area contributed by atoms with Crippen molar-refractivity contribution < 1.29 is 9.53 Å². The summed E-state index contributed by atoms with van der Waals surface area (Å²) in [5, 5.41) is 1.74. The van der Waals surface area contributed by atoms with Gasteiger partial charge in [-0.15, -0.1) is 0 Å². The fraction of sp³-hybridized carbons (Fsp3) is 0.444. The normalized spacial score (nSPS) is 18.8. The van der Waals surface area contributed by atoms with Gasteiger partial charge in [0.1, 0.15) is 17.7 Å². The fourth-order valence-corrected chi connectivity index (χ4v) is 5.19. The molecule has 1 amide bonds. The number of hydrogen-bond donors (Lipinski definition) is 0. The van der Waals surface area contributed by atoms with Crippen molar-refractivity contribution in [3.8, 4) is 5.69 Å². The van der Waals surface area contributed by atoms with Crippen molar-refractivity contribution in [3.05, 3.63) is 53.5 Å². The number of anilines is 1. The molecule has 1 atom stereocenters. The Bertz CT molecular complexity index is 1290. The third-order valence-corrected chi connectivity index (χ3v) is 6.82. The first-order valence-corrected chi connectivity index (χ1v) is 12.6. The van der Waals surface area contributed by atoms with Crippen LogP contribution in [0.2, 0.25) is 5.02 Å². The van der Waals surface area contributed by atoms with Crippen molar-refractivity contribution in [1.29, 1.82) is 0 Å². The number of ether oxygens (including phenoxy) is 1. The van der Waals surface area contributed by atoms with Gasteiger partial charge in [0, 0.05) is 48.1 Å². The van der Waals surface area contributed by atoms with Crippen LogP contribution in [0.1, 0.15) is 52.5 Å². The lowest BCUT2D eigenvalue weighted by Gasteiger charge is -2.41. The summed E-state index contributed by atoms with van der Waals surface area (Å²) in [5.41, 5.74) is 3.84. The van der Waals surface area contributed by atoms with E-state index in [0.29, 0.717) is 24.7 Å². The lowest BCUT2D eigenvalue weighted by Crippen LogP contribution is -2.54. The second-order valence-corrected chi connectivity index (χ2v) is 10.8. The first-order valence-electron chi connectivity index (χ1n) is 12.3. The number of hydrogen-bond acceptors (Lipinski definition) is 5. The van der Waals surface area contributed by atoms with Crippen LogP contribution in [0.15, 0.2) is 42.9 Å². The van der Waals surface area contributed by atoms with E-state index in [-0.39, 0.29) is 12.1 Å². The maximum absolute atomic E-state index is 12.7. The predicted molar refractivity (Wildman–Crippen MR) is 140 cm³/mol. The SMILES string of the molecule is C[C@@H]1CN(C(=O)OC(C)(C)C)CCN1c1ncnc2c1c(C1=CCCC1)cn2-c1cccc(Cl)c1. The van der Waals surface area contributed by atoms with Gasteiger partial charge in [0.15, 0.2) is 5.65 Å². The number of allylic oxidation sites excluding steroid dienone is 2. The number of nitrogens with zero attached hydrogens (tertiary/aromatic N) is 5. The van der Waals surface area contributed by atoms with Crippen LogP contribution in [0.5, 0.6) is 0 Å². The van der Waals surface area contributed by atoms with E-state index in [4.69, 9.17) is 26.3 Å². The molecule has 1 aromatic carbocycles. The molecule has 3 aromatic rings. The van der Waals surface area contributed by atoms with E-state index in [2.05, 4.69) is 28.7 Å². The first kappa shape index (κ1) is 23.7. The van der Waals surface area contributed by atoms with Crippen molar-refractivity contribution >= 4 is 40.1 Å². The fourth-order valence-electron chi connectivity index (χ4n) is 5.01. The van der Waals surface area contributed by atoms with Crippen LogP contribution >= 0.6 is 11.6 Å². The molecule has 1 fully saturated rings. The van der Waals surface area contributed by atoms with Gasteiger partial charge in [-0.25, -0.2) is 14.8 Å². The number of amides is 1. The number of aromatic nitrogens is 3. The molecule has 35 heavy (non-hydrogen) atoms. The highest BCUT2D eigenvalue weighted by Gasteiger charge is 2.32. The minimum atomic E-state index is -0.510. The van der Waals surface area contributed by atoms with Gasteiger partial charge in [0.05, 0.1) is 5.39 Å². The van der Waals surface area contributed by atoms with E-state index in [1.807, 2.05) is 45.0 Å². The van der Waals surface area contributed by atoms with Crippen LogP contribution in [0.4, 0.5) is 10.6 Å². The summed E-state index contributed by atoms with van der Waals surface area (Å²) in [6.07, 6.45) is 9.18. The first-order chi connectivity index (χ1) is 16.7. The molecule has 1 saturated heterocycles. The van der Waals surface area contributed by atoms with Gasteiger partial charge in [-0.05, 0) is 70.7 Å². The Balaban J connectivity index is 1.54. The van der Waals surface area contributed by atoms with Gasteiger partial charge in [0.2, 0.25) is 0 Å². The van der Waals surface area contributed by atoms with E-state index in [9.17, 15) is 4.79 Å². The van der Waals surface area contributed by atoms with Crippen molar-refractivity contribution in [2.24, 2.45) is 0 Å². The van der Waals surface area contributed by atoms with Crippen LogP contribution in [0.25, 0.3) is 22.3 Å². The molecular weight excluding hydrogens is 462 g/mol. The molecule has 1 aliphatic carbocycles. The molecule has 0 unspecified atom stereocenters. The van der Waals surface area contributed by atoms with Gasteiger partial charge in [-0.3, -0.25) is 0 Å². The molecule has 184 valence electrons. The van der Waals surface area contributed by atoms with Gasteiger partial charge in [0.25, 0.3) is 0 Å². The number of carbonyl (C=O) groups excluding carboxylic acids is 1. The van der Waals surface area contributed by atoms with E-state index in [0.717, 1.165) is 41.8 Å². The van der Waals surface area contributed by atoms with Gasteiger partial charge in [-0.1, -0.05) is 23.7 Å². The highest BCUT2D eigenvalue weighted by molar-refractivity contribution is 6.30. The molecule has 8 heteroatoms. The molecule has 2 aliphatic rings. The summed E-state index contributed by atoms with van der Waals surface area (Å²) in [4.78, 5) is 26.3. The van der Waals surface area contributed by atoms with Crippen molar-refractivity contribution in [2.45, 2.75) is 58.6 Å². The summed E-state index contributed by atoms with van der Waals surface area (Å²) in [5.74, 6) is 0.912. The number of halogens is 1. The largest absolute Gasteiger partial charge is 0.444 e. The lowest BCUT2D eigenvalue weighted by molar-refractivity contribution is 0.0218. The zero-order valence-electron chi connectivity index (χ0n) is 20.8. The molecule has 0 N–H and O–H groups in total. The number of fused-ring (bicyclic) bond motifs is 1. The smallest absolute Gasteiger partial charge is 0.410 e. The number of rotatable bonds is 3. The summed E-state index contributed by atoms with van der Waals surface area (Å²) in [6.45, 7) is 9.65. The highest BCUT2D eigenvalue weighted by Crippen LogP contribution is 2.39. The predicted octanol–water partition coefficient (Wildman–Crippen LogP) is 6.09. The Morgan fingerprint density at radius 3 is 2.71 bits per heavy atom. The lowest BCUT2D eigenvalue weighted by atomic mass is 10.0. The second-order valence-electron chi connectivity index (χ2n) is 10.4. The maximum Gasteiger partial charge on any atom is 0.410 e. The summed E-state index contributed by atoms with van der Waals surface area (Å²) in [7, 11) is 0. The Labute approximate surface area is 211 Å². The standard InChI is InChI=1S/C27H32ClN5O2/c1-18-15-31(26(34)35-27(2,3)4)12-13-32(18)24-23-22(19-8-5-6-9-19)16-33(25(23)30-17-29-24)21-11-7-10-20(28)14-21/h7-8,10-11,14,16-18H,5-6,9,12-13,15H2,1-4H3/t18-/m1/s1. The van der Waals surface area contributed by atoms with E-state index in [1.165, 1.54) is 11.1 Å². The average Bonchev–Trinajstić information content (AvgIpc) is 3.46. The second kappa shape index (κ2) is 9.19. The van der Waals surface area contributed by atoms with Crippen LogP contribution in [0, 0.1) is 0 Å². The molecule has 7 nitrogen and oxygen atoms in total. The number of piperazine rings is 1. The number of carbonyl (C=O) groups is 1. The monoisotopic (exact) mass is 493 g/mol. The average molecular weight is 494 g/mol. The van der Waals surface area contributed by atoms with Gasteiger partial charge < -0.3 is 19.1 Å². The Morgan fingerprint density at radius 2 is 2.03 bits per heavy atom. The maximum atomic E-state index is 12.7. The molecule has 0 radical (unpaired) electrons. The molecule has 2 aromatic heterocycles. The van der Waals surface area contributed by atoms with Crippen molar-refractivity contribution in [1.82, 2.24) is 19.4 Å². The highest BCUT2D eigenvalue weighted by atomic mass is 35.5. The molecule has 5 rings (SSSR count). The van der Waals surface area contributed by atoms with Crippen molar-refractivity contribution in [2.75, 3.05) is 24.5 Å². The Morgan fingerprint density at radius 1 is 1.20 bits per heavy atom. The molecular formula is C27H32ClN5O2. The van der Waals surface area contributed by atoms with Gasteiger partial charge in [-0.2, -0.15) is 0 Å². The van der Waals surface area contributed by atoms with Crippen LogP contribution in [0.3, 0.4) is 0 Å². The summed E-state index contributed by atoms with van der Waals surface area (Å²) < 4.78 is 7.72. The van der Waals surface area contributed by atoms with E-state index < -0.39 is 5.60 Å².